The predicted molar refractivity (Wildman–Crippen MR) is 49.3 cm³/mol. The lowest BCUT2D eigenvalue weighted by Crippen LogP contribution is -2.21. The number of rotatable bonds is 2. The molecule has 1 aromatic heterocycles. The van der Waals surface area contributed by atoms with Crippen LogP contribution in [0.4, 0.5) is 13.2 Å². The van der Waals surface area contributed by atoms with Crippen LogP contribution in [0.2, 0.25) is 0 Å². The van der Waals surface area contributed by atoms with Crippen LogP contribution in [0, 0.1) is 0 Å². The summed E-state index contributed by atoms with van der Waals surface area (Å²) in [5, 5.41) is 0. The van der Waals surface area contributed by atoms with Gasteiger partial charge in [-0.3, -0.25) is 9.78 Å². The van der Waals surface area contributed by atoms with Gasteiger partial charge in [-0.2, -0.15) is 0 Å². The van der Waals surface area contributed by atoms with E-state index in [0.717, 1.165) is 6.07 Å². The molecule has 0 amide bonds. The zero-order valence-corrected chi connectivity index (χ0v) is 8.78. The minimum absolute atomic E-state index is 0.0707. The number of nitrogens with one attached hydrogen (secondary N) is 1. The van der Waals surface area contributed by atoms with Crippen LogP contribution in [0.5, 0.6) is 5.88 Å². The number of ether oxygens (including phenoxy) is 1. The molecule has 3 N–H and O–H groups in total. The number of hydrogen-bond acceptors (Lipinski definition) is 3. The fourth-order valence-electron chi connectivity index (χ4n) is 0.898. The average molecular weight is 287 g/mol. The smallest absolute Gasteiger partial charge is 0.390 e. The molecule has 0 aliphatic rings. The zero-order valence-electron chi connectivity index (χ0n) is 7.19. The maximum Gasteiger partial charge on any atom is 0.574 e. The van der Waals surface area contributed by atoms with Gasteiger partial charge in [-0.15, -0.1) is 13.2 Å². The van der Waals surface area contributed by atoms with E-state index in [4.69, 9.17) is 5.73 Å². The van der Waals surface area contributed by atoms with Crippen LogP contribution < -0.4 is 16.0 Å². The number of aromatic amines is 1. The fourth-order valence-corrected chi connectivity index (χ4v) is 1.27. The molecular formula is C7H6BrF3N2O2. The van der Waals surface area contributed by atoms with Crippen LogP contribution in [0.1, 0.15) is 5.56 Å². The first-order valence-corrected chi connectivity index (χ1v) is 4.50. The monoisotopic (exact) mass is 286 g/mol. The van der Waals surface area contributed by atoms with Crippen molar-refractivity contribution in [3.63, 3.8) is 0 Å². The van der Waals surface area contributed by atoms with Crippen molar-refractivity contribution in [1.29, 1.82) is 0 Å². The van der Waals surface area contributed by atoms with Crippen LogP contribution in [-0.4, -0.2) is 11.3 Å². The highest BCUT2D eigenvalue weighted by molar-refractivity contribution is 9.10. The molecule has 0 aliphatic carbocycles. The Labute approximate surface area is 90.4 Å². The van der Waals surface area contributed by atoms with Crippen molar-refractivity contribution >= 4 is 15.9 Å². The van der Waals surface area contributed by atoms with Gasteiger partial charge in [-0.05, 0) is 21.5 Å². The first kappa shape index (κ1) is 12.1. The highest BCUT2D eigenvalue weighted by Crippen LogP contribution is 2.22. The molecule has 0 saturated heterocycles. The molecule has 1 rings (SSSR count). The van der Waals surface area contributed by atoms with E-state index in [1.54, 1.807) is 0 Å². The van der Waals surface area contributed by atoms with Crippen molar-refractivity contribution in [2.75, 3.05) is 0 Å². The van der Waals surface area contributed by atoms with Crippen LogP contribution in [-0.2, 0) is 6.54 Å². The van der Waals surface area contributed by atoms with E-state index < -0.39 is 17.8 Å². The van der Waals surface area contributed by atoms with E-state index in [2.05, 4.69) is 20.7 Å². The maximum atomic E-state index is 11.8. The Morgan fingerprint density at radius 1 is 1.53 bits per heavy atom. The quantitative estimate of drug-likeness (QED) is 0.866. The zero-order chi connectivity index (χ0) is 11.6. The van der Waals surface area contributed by atoms with Crippen molar-refractivity contribution in [3.8, 4) is 5.88 Å². The topological polar surface area (TPSA) is 68.1 Å². The van der Waals surface area contributed by atoms with Crippen molar-refractivity contribution < 1.29 is 17.9 Å². The Morgan fingerprint density at radius 3 is 2.60 bits per heavy atom. The van der Waals surface area contributed by atoms with E-state index in [0.29, 0.717) is 0 Å². The number of halogens is 4. The summed E-state index contributed by atoms with van der Waals surface area (Å²) in [4.78, 5) is 13.0. The maximum absolute atomic E-state index is 11.8. The summed E-state index contributed by atoms with van der Waals surface area (Å²) in [6, 6.07) is 1.01. The van der Waals surface area contributed by atoms with Gasteiger partial charge < -0.3 is 10.5 Å². The summed E-state index contributed by atoms with van der Waals surface area (Å²) in [5.41, 5.74) is 4.74. The first-order valence-electron chi connectivity index (χ1n) is 3.71. The normalized spacial score (nSPS) is 11.5. The van der Waals surface area contributed by atoms with Crippen molar-refractivity contribution in [2.45, 2.75) is 12.9 Å². The fraction of sp³-hybridized carbons (Fsp3) is 0.286. The van der Waals surface area contributed by atoms with E-state index in [9.17, 15) is 18.0 Å². The molecule has 0 bridgehead atoms. The first-order chi connectivity index (χ1) is 6.83. The Balaban J connectivity index is 3.12. The lowest BCUT2D eigenvalue weighted by atomic mass is 10.3. The Morgan fingerprint density at radius 2 is 2.13 bits per heavy atom. The van der Waals surface area contributed by atoms with E-state index >= 15 is 0 Å². The number of aromatic nitrogens is 1. The lowest BCUT2D eigenvalue weighted by Gasteiger charge is -2.09. The Hall–Kier alpha value is -1.02. The summed E-state index contributed by atoms with van der Waals surface area (Å²) in [7, 11) is 0. The molecule has 0 atom stereocenters. The number of H-pyrrole nitrogens is 1. The SMILES string of the molecule is NCc1cc(OC(F)(F)F)[nH]c(=O)c1Br. The molecular weight excluding hydrogens is 281 g/mol. The number of alkyl halides is 3. The third-order valence-electron chi connectivity index (χ3n) is 1.47. The lowest BCUT2D eigenvalue weighted by molar-refractivity contribution is -0.276. The van der Waals surface area contributed by atoms with Gasteiger partial charge >= 0.3 is 6.36 Å². The second-order valence-corrected chi connectivity index (χ2v) is 3.35. The molecule has 0 radical (unpaired) electrons. The summed E-state index contributed by atoms with van der Waals surface area (Å²) in [5.74, 6) is -0.684. The highest BCUT2D eigenvalue weighted by atomic mass is 79.9. The van der Waals surface area contributed by atoms with Crippen LogP contribution >= 0.6 is 15.9 Å². The van der Waals surface area contributed by atoms with E-state index in [1.807, 2.05) is 4.98 Å². The average Bonchev–Trinajstić information content (AvgIpc) is 2.08. The third-order valence-corrected chi connectivity index (χ3v) is 2.34. The van der Waals surface area contributed by atoms with Gasteiger partial charge in [0.2, 0.25) is 5.88 Å². The van der Waals surface area contributed by atoms with Gasteiger partial charge in [0.25, 0.3) is 5.56 Å². The molecule has 0 aliphatic heterocycles. The van der Waals surface area contributed by atoms with Crippen molar-refractivity contribution in [3.05, 3.63) is 26.5 Å². The summed E-state index contributed by atoms with van der Waals surface area (Å²) in [6.45, 7) is -0.0707. The molecule has 15 heavy (non-hydrogen) atoms. The van der Waals surface area contributed by atoms with Gasteiger partial charge in [-0.1, -0.05) is 0 Å². The Bertz CT molecular complexity index is 416. The van der Waals surface area contributed by atoms with Gasteiger partial charge in [0.1, 0.15) is 0 Å². The molecule has 0 fully saturated rings. The molecule has 0 saturated carbocycles. The van der Waals surface area contributed by atoms with Crippen LogP contribution in [0.3, 0.4) is 0 Å². The van der Waals surface area contributed by atoms with E-state index in [-0.39, 0.29) is 16.6 Å². The van der Waals surface area contributed by atoms with Crippen molar-refractivity contribution in [1.82, 2.24) is 4.98 Å². The molecule has 0 aromatic carbocycles. The van der Waals surface area contributed by atoms with Gasteiger partial charge in [0, 0.05) is 12.6 Å². The van der Waals surface area contributed by atoms with Gasteiger partial charge in [0.05, 0.1) is 4.47 Å². The number of hydrogen-bond donors (Lipinski definition) is 2. The van der Waals surface area contributed by atoms with Crippen LogP contribution in [0.15, 0.2) is 15.3 Å². The molecule has 1 aromatic rings. The number of nitrogens with two attached hydrogens (primary N) is 1. The molecule has 84 valence electrons. The highest BCUT2D eigenvalue weighted by Gasteiger charge is 2.31. The molecule has 0 unspecified atom stereocenters. The van der Waals surface area contributed by atoms with E-state index in [1.165, 1.54) is 0 Å². The second-order valence-electron chi connectivity index (χ2n) is 2.55. The minimum Gasteiger partial charge on any atom is -0.390 e. The second kappa shape index (κ2) is 4.23. The molecule has 0 spiro atoms. The van der Waals surface area contributed by atoms with Gasteiger partial charge in [-0.25, -0.2) is 0 Å². The standard InChI is InChI=1S/C7H6BrF3N2O2/c8-5-3(2-12)1-4(13-6(5)14)15-7(9,10)11/h1H,2,12H2,(H,13,14). The van der Waals surface area contributed by atoms with Gasteiger partial charge in [0.15, 0.2) is 0 Å². The third kappa shape index (κ3) is 3.24. The summed E-state index contributed by atoms with van der Waals surface area (Å²) >= 11 is 2.89. The minimum atomic E-state index is -4.84. The molecule has 1 heterocycles. The Kier molecular flexibility index (Phi) is 3.40. The predicted octanol–water partition coefficient (Wildman–Crippen LogP) is 1.49. The molecule has 8 heteroatoms. The summed E-state index contributed by atoms with van der Waals surface area (Å²) in [6.07, 6.45) is -4.84. The largest absolute Gasteiger partial charge is 0.574 e. The molecule has 4 nitrogen and oxygen atoms in total. The van der Waals surface area contributed by atoms with Crippen LogP contribution in [0.25, 0.3) is 0 Å². The van der Waals surface area contributed by atoms with Crippen molar-refractivity contribution in [2.24, 2.45) is 5.73 Å². The summed E-state index contributed by atoms with van der Waals surface area (Å²) < 4.78 is 39.1. The number of pyridine rings is 1.